The lowest BCUT2D eigenvalue weighted by Crippen LogP contribution is -2.42. The van der Waals surface area contributed by atoms with E-state index in [2.05, 4.69) is 20.9 Å². The molecule has 3 aromatic carbocycles. The molecule has 0 aliphatic carbocycles. The van der Waals surface area contributed by atoms with Gasteiger partial charge in [-0.15, -0.1) is 5.10 Å². The van der Waals surface area contributed by atoms with Crippen molar-refractivity contribution < 1.29 is 14.0 Å². The molecule has 2 amide bonds. The fourth-order valence-corrected chi connectivity index (χ4v) is 3.13. The number of aromatic nitrogens is 3. The maximum Gasteiger partial charge on any atom is 0.309 e. The lowest BCUT2D eigenvalue weighted by atomic mass is 10.1. The van der Waals surface area contributed by atoms with Gasteiger partial charge in [0.1, 0.15) is 5.82 Å². The van der Waals surface area contributed by atoms with Gasteiger partial charge in [0.15, 0.2) is 5.82 Å². The Morgan fingerprint density at radius 1 is 0.875 bits per heavy atom. The van der Waals surface area contributed by atoms with Gasteiger partial charge in [0, 0.05) is 12.0 Å². The quantitative estimate of drug-likeness (QED) is 0.460. The van der Waals surface area contributed by atoms with Crippen LogP contribution in [0.2, 0.25) is 0 Å². The van der Waals surface area contributed by atoms with Gasteiger partial charge >= 0.3 is 5.91 Å². The summed E-state index contributed by atoms with van der Waals surface area (Å²) in [7, 11) is 0. The van der Waals surface area contributed by atoms with Crippen molar-refractivity contribution in [2.24, 2.45) is 0 Å². The van der Waals surface area contributed by atoms with E-state index in [1.54, 1.807) is 16.8 Å². The third-order valence-electron chi connectivity index (χ3n) is 4.69. The van der Waals surface area contributed by atoms with E-state index in [9.17, 15) is 14.0 Å². The molecule has 32 heavy (non-hydrogen) atoms. The van der Waals surface area contributed by atoms with Crippen molar-refractivity contribution in [3.63, 3.8) is 0 Å². The highest BCUT2D eigenvalue weighted by molar-refractivity contribution is 5.92. The SMILES string of the molecule is O=C(CCc1cccc(F)c1)NNC(=O)c1nc(-c2ccccc2)n(-c2ccccc2)n1. The van der Waals surface area contributed by atoms with Crippen LogP contribution >= 0.6 is 0 Å². The molecule has 0 unspecified atom stereocenters. The normalized spacial score (nSPS) is 10.5. The Bertz CT molecular complexity index is 1170. The minimum atomic E-state index is -0.643. The molecule has 0 bridgehead atoms. The van der Waals surface area contributed by atoms with Crippen molar-refractivity contribution in [1.29, 1.82) is 0 Å². The first-order valence-corrected chi connectivity index (χ1v) is 10.0. The van der Waals surface area contributed by atoms with Gasteiger partial charge in [0.05, 0.1) is 5.69 Å². The molecule has 0 fully saturated rings. The van der Waals surface area contributed by atoms with Crippen LogP contribution < -0.4 is 10.9 Å². The van der Waals surface area contributed by atoms with E-state index in [4.69, 9.17) is 0 Å². The Morgan fingerprint density at radius 3 is 2.31 bits per heavy atom. The summed E-state index contributed by atoms with van der Waals surface area (Å²) in [5, 5.41) is 4.34. The Hall–Kier alpha value is -4.33. The molecule has 0 aliphatic heterocycles. The van der Waals surface area contributed by atoms with Crippen molar-refractivity contribution in [1.82, 2.24) is 25.6 Å². The average Bonchev–Trinajstić information content (AvgIpc) is 3.28. The van der Waals surface area contributed by atoms with Crippen LogP contribution in [0.5, 0.6) is 0 Å². The number of carbonyl (C=O) groups excluding carboxylic acids is 2. The molecular weight excluding hydrogens is 409 g/mol. The smallest absolute Gasteiger partial charge is 0.273 e. The molecule has 4 aromatic rings. The highest BCUT2D eigenvalue weighted by Crippen LogP contribution is 2.20. The number of nitrogens with zero attached hydrogens (tertiary/aromatic N) is 3. The first-order valence-electron chi connectivity index (χ1n) is 10.0. The predicted molar refractivity (Wildman–Crippen MR) is 117 cm³/mol. The van der Waals surface area contributed by atoms with Crippen molar-refractivity contribution in [2.75, 3.05) is 0 Å². The van der Waals surface area contributed by atoms with E-state index in [1.165, 1.54) is 12.1 Å². The number of nitrogens with one attached hydrogen (secondary N) is 2. The van der Waals surface area contributed by atoms with Crippen molar-refractivity contribution >= 4 is 11.8 Å². The molecule has 0 saturated heterocycles. The lowest BCUT2D eigenvalue weighted by molar-refractivity contribution is -0.121. The lowest BCUT2D eigenvalue weighted by Gasteiger charge is -2.06. The maximum atomic E-state index is 13.2. The standard InChI is InChI=1S/C24H20FN5O2/c25-19-11-7-8-17(16-19)14-15-21(31)27-28-24(32)22-26-23(18-9-3-1-4-10-18)30(29-22)20-12-5-2-6-13-20/h1-13,16H,14-15H2,(H,27,31)(H,28,32). The number of amides is 2. The summed E-state index contributed by atoms with van der Waals surface area (Å²) in [6.07, 6.45) is 0.434. The highest BCUT2D eigenvalue weighted by Gasteiger charge is 2.19. The molecule has 7 nitrogen and oxygen atoms in total. The summed E-state index contributed by atoms with van der Waals surface area (Å²) in [4.78, 5) is 29.1. The minimum Gasteiger partial charge on any atom is -0.273 e. The fourth-order valence-electron chi connectivity index (χ4n) is 3.13. The van der Waals surface area contributed by atoms with Gasteiger partial charge in [-0.1, -0.05) is 60.7 Å². The Balaban J connectivity index is 1.45. The molecule has 1 heterocycles. The van der Waals surface area contributed by atoms with Gasteiger partial charge in [-0.05, 0) is 36.2 Å². The average molecular weight is 429 g/mol. The van der Waals surface area contributed by atoms with Crippen LogP contribution in [-0.4, -0.2) is 26.6 Å². The Morgan fingerprint density at radius 2 is 1.59 bits per heavy atom. The summed E-state index contributed by atoms with van der Waals surface area (Å²) in [5.41, 5.74) is 6.93. The van der Waals surface area contributed by atoms with Gasteiger partial charge in [0.25, 0.3) is 0 Å². The second kappa shape index (κ2) is 9.65. The summed E-state index contributed by atoms with van der Waals surface area (Å²) >= 11 is 0. The number of hydrogen-bond donors (Lipinski definition) is 2. The van der Waals surface area contributed by atoms with Crippen LogP contribution in [0, 0.1) is 5.82 Å². The zero-order valence-electron chi connectivity index (χ0n) is 17.0. The van der Waals surface area contributed by atoms with Crippen LogP contribution in [0.4, 0.5) is 4.39 Å². The number of para-hydroxylation sites is 1. The van der Waals surface area contributed by atoms with Crippen molar-refractivity contribution in [3.8, 4) is 17.1 Å². The number of carbonyl (C=O) groups is 2. The van der Waals surface area contributed by atoms with Crippen molar-refractivity contribution in [2.45, 2.75) is 12.8 Å². The predicted octanol–water partition coefficient (Wildman–Crippen LogP) is 3.47. The third kappa shape index (κ3) is 5.04. The minimum absolute atomic E-state index is 0.0851. The fraction of sp³-hybridized carbons (Fsp3) is 0.0833. The van der Waals surface area contributed by atoms with E-state index in [1.807, 2.05) is 60.7 Å². The molecular formula is C24H20FN5O2. The topological polar surface area (TPSA) is 88.9 Å². The zero-order chi connectivity index (χ0) is 22.3. The molecule has 0 aliphatic rings. The first-order chi connectivity index (χ1) is 15.6. The van der Waals surface area contributed by atoms with Crippen molar-refractivity contribution in [3.05, 3.63) is 102 Å². The van der Waals surface area contributed by atoms with Crippen LogP contribution in [0.25, 0.3) is 17.1 Å². The molecule has 160 valence electrons. The Kier molecular flexibility index (Phi) is 6.31. The van der Waals surface area contributed by atoms with E-state index in [0.29, 0.717) is 17.8 Å². The number of halogens is 1. The number of hydrazine groups is 1. The molecule has 0 atom stereocenters. The molecule has 8 heteroatoms. The van der Waals surface area contributed by atoms with Crippen LogP contribution in [0.3, 0.4) is 0 Å². The van der Waals surface area contributed by atoms with Gasteiger partial charge in [0.2, 0.25) is 11.7 Å². The largest absolute Gasteiger partial charge is 0.309 e. The molecule has 2 N–H and O–H groups in total. The van der Waals surface area contributed by atoms with Crippen LogP contribution in [0.15, 0.2) is 84.9 Å². The molecule has 4 rings (SSSR count). The van der Waals surface area contributed by atoms with E-state index < -0.39 is 11.8 Å². The molecule has 0 saturated carbocycles. The van der Waals surface area contributed by atoms with E-state index in [-0.39, 0.29) is 18.1 Å². The summed E-state index contributed by atoms with van der Waals surface area (Å²) in [5.74, 6) is -0.993. The number of aryl methyl sites for hydroxylation is 1. The zero-order valence-corrected chi connectivity index (χ0v) is 17.0. The van der Waals surface area contributed by atoms with E-state index in [0.717, 1.165) is 11.3 Å². The monoisotopic (exact) mass is 429 g/mol. The summed E-state index contributed by atoms with van der Waals surface area (Å²) in [6.45, 7) is 0. The Labute approximate surface area is 183 Å². The first kappa shape index (κ1) is 20.9. The maximum absolute atomic E-state index is 13.2. The second-order valence-corrected chi connectivity index (χ2v) is 7.00. The molecule has 0 radical (unpaired) electrons. The van der Waals surface area contributed by atoms with E-state index >= 15 is 0 Å². The van der Waals surface area contributed by atoms with Crippen LogP contribution in [0.1, 0.15) is 22.6 Å². The third-order valence-corrected chi connectivity index (χ3v) is 4.69. The van der Waals surface area contributed by atoms with Gasteiger partial charge < -0.3 is 0 Å². The van der Waals surface area contributed by atoms with Gasteiger partial charge in [-0.3, -0.25) is 20.4 Å². The summed E-state index contributed by atoms with van der Waals surface area (Å²) in [6, 6.07) is 24.8. The number of hydrogen-bond acceptors (Lipinski definition) is 4. The molecule has 1 aromatic heterocycles. The molecule has 0 spiro atoms. The summed E-state index contributed by atoms with van der Waals surface area (Å²) < 4.78 is 14.8. The highest BCUT2D eigenvalue weighted by atomic mass is 19.1. The van der Waals surface area contributed by atoms with Gasteiger partial charge in [-0.25, -0.2) is 14.1 Å². The van der Waals surface area contributed by atoms with Crippen LogP contribution in [-0.2, 0) is 11.2 Å². The number of benzene rings is 3. The van der Waals surface area contributed by atoms with Gasteiger partial charge in [-0.2, -0.15) is 0 Å². The second-order valence-electron chi connectivity index (χ2n) is 7.00. The number of rotatable bonds is 6.